The highest BCUT2D eigenvalue weighted by molar-refractivity contribution is 5.77. The molecular weight excluding hydrogens is 364 g/mol. The van der Waals surface area contributed by atoms with Gasteiger partial charge in [0.15, 0.2) is 0 Å². The maximum Gasteiger partial charge on any atom is 0.316 e. The van der Waals surface area contributed by atoms with Gasteiger partial charge in [0.1, 0.15) is 0 Å². The molecule has 2 aliphatic heterocycles. The van der Waals surface area contributed by atoms with E-state index in [1.807, 2.05) is 12.4 Å². The third-order valence-electron chi connectivity index (χ3n) is 6.36. The molecule has 0 radical (unpaired) electrons. The molecule has 3 heterocycles. The highest BCUT2D eigenvalue weighted by atomic mass is 16.5. The van der Waals surface area contributed by atoms with E-state index in [0.717, 1.165) is 44.2 Å². The van der Waals surface area contributed by atoms with Crippen LogP contribution in [0, 0.1) is 0 Å². The fraction of sp³-hybridized carbons (Fsp3) is 0.522. The molecule has 1 amide bonds. The molecule has 6 heteroatoms. The van der Waals surface area contributed by atoms with E-state index in [4.69, 9.17) is 4.74 Å². The molecule has 0 aliphatic carbocycles. The number of methoxy groups -OCH3 is 1. The number of likely N-dealkylation sites (tertiary alicyclic amines) is 1. The van der Waals surface area contributed by atoms with E-state index in [0.29, 0.717) is 24.5 Å². The number of rotatable bonds is 5. The number of fused-ring (bicyclic) bond motifs is 1. The van der Waals surface area contributed by atoms with Gasteiger partial charge in [0.25, 0.3) is 0 Å². The molecule has 0 spiro atoms. The van der Waals surface area contributed by atoms with E-state index < -0.39 is 0 Å². The van der Waals surface area contributed by atoms with Crippen LogP contribution in [0.5, 0.6) is 6.01 Å². The fourth-order valence-electron chi connectivity index (χ4n) is 5.04. The smallest absolute Gasteiger partial charge is 0.316 e. The normalized spacial score (nSPS) is 27.6. The molecule has 1 N–H and O–H groups in total. The maximum absolute atomic E-state index is 12.4. The van der Waals surface area contributed by atoms with Gasteiger partial charge in [-0.05, 0) is 38.2 Å². The molecule has 3 atom stereocenters. The van der Waals surface area contributed by atoms with E-state index in [1.165, 1.54) is 5.56 Å². The summed E-state index contributed by atoms with van der Waals surface area (Å²) in [6.45, 7) is 3.00. The average Bonchev–Trinajstić information content (AvgIpc) is 2.95. The van der Waals surface area contributed by atoms with Gasteiger partial charge in [-0.15, -0.1) is 0 Å². The van der Waals surface area contributed by atoms with Crippen molar-refractivity contribution < 1.29 is 9.53 Å². The number of benzene rings is 1. The largest absolute Gasteiger partial charge is 0.467 e. The number of nitrogens with one attached hydrogen (secondary N) is 1. The molecule has 29 heavy (non-hydrogen) atoms. The van der Waals surface area contributed by atoms with Crippen molar-refractivity contribution in [2.24, 2.45) is 0 Å². The number of carbonyl (C=O) groups is 1. The van der Waals surface area contributed by atoms with Gasteiger partial charge in [0, 0.05) is 43.0 Å². The van der Waals surface area contributed by atoms with Crippen LogP contribution >= 0.6 is 0 Å². The molecule has 2 saturated heterocycles. The number of hydrogen-bond acceptors (Lipinski definition) is 5. The zero-order valence-electron chi connectivity index (χ0n) is 17.3. The molecular formula is C23H30N4O2. The van der Waals surface area contributed by atoms with Gasteiger partial charge < -0.3 is 10.1 Å². The molecule has 2 aliphatic rings. The highest BCUT2D eigenvalue weighted by Gasteiger charge is 2.49. The van der Waals surface area contributed by atoms with Crippen molar-refractivity contribution in [1.82, 2.24) is 20.2 Å². The summed E-state index contributed by atoms with van der Waals surface area (Å²) in [5.74, 6) is 0.185. The lowest BCUT2D eigenvalue weighted by molar-refractivity contribution is -0.123. The van der Waals surface area contributed by atoms with Gasteiger partial charge >= 0.3 is 6.01 Å². The quantitative estimate of drug-likeness (QED) is 0.844. The molecule has 2 fully saturated rings. The van der Waals surface area contributed by atoms with Crippen LogP contribution in [0.1, 0.15) is 50.2 Å². The first kappa shape index (κ1) is 19.8. The van der Waals surface area contributed by atoms with Crippen LogP contribution in [0.2, 0.25) is 0 Å². The van der Waals surface area contributed by atoms with Crippen molar-refractivity contribution in [3.05, 3.63) is 53.9 Å². The Balaban J connectivity index is 1.62. The molecule has 0 saturated carbocycles. The number of hydrogen-bond donors (Lipinski definition) is 1. The Bertz CT molecular complexity index is 827. The van der Waals surface area contributed by atoms with Crippen molar-refractivity contribution in [3.8, 4) is 6.01 Å². The summed E-state index contributed by atoms with van der Waals surface area (Å²) in [6, 6.07) is 11.7. The fourth-order valence-corrected chi connectivity index (χ4v) is 5.04. The predicted molar refractivity (Wildman–Crippen MR) is 111 cm³/mol. The summed E-state index contributed by atoms with van der Waals surface area (Å²) in [5, 5.41) is 3.38. The Kier molecular flexibility index (Phi) is 5.81. The average molecular weight is 395 g/mol. The predicted octanol–water partition coefficient (Wildman–Crippen LogP) is 3.12. The summed E-state index contributed by atoms with van der Waals surface area (Å²) in [5.41, 5.74) is 2.20. The second-order valence-electron chi connectivity index (χ2n) is 8.53. The Morgan fingerprint density at radius 1 is 1.17 bits per heavy atom. The molecule has 1 aromatic heterocycles. The van der Waals surface area contributed by atoms with E-state index in [9.17, 15) is 4.79 Å². The van der Waals surface area contributed by atoms with E-state index in [2.05, 4.69) is 57.4 Å². The monoisotopic (exact) mass is 394 g/mol. The lowest BCUT2D eigenvalue weighted by Crippen LogP contribution is -2.55. The zero-order chi connectivity index (χ0) is 20.3. The molecule has 6 nitrogen and oxygen atoms in total. The zero-order valence-corrected chi connectivity index (χ0v) is 17.3. The molecule has 2 aromatic rings. The molecule has 1 aromatic carbocycles. The minimum atomic E-state index is -0.204. The SMILES string of the molecule is COc1ncc(CN2[C@H](Cc3ccccc3)C[C@]3(C)NC(=O)CCCC[C@H]23)cn1. The minimum Gasteiger partial charge on any atom is -0.467 e. The van der Waals surface area contributed by atoms with Crippen LogP contribution in [-0.2, 0) is 17.8 Å². The van der Waals surface area contributed by atoms with Crippen molar-refractivity contribution in [3.63, 3.8) is 0 Å². The first-order valence-corrected chi connectivity index (χ1v) is 10.5. The van der Waals surface area contributed by atoms with Crippen LogP contribution in [0.3, 0.4) is 0 Å². The molecule has 0 bridgehead atoms. The second kappa shape index (κ2) is 8.49. The van der Waals surface area contributed by atoms with E-state index >= 15 is 0 Å². The topological polar surface area (TPSA) is 67.3 Å². The van der Waals surface area contributed by atoms with Gasteiger partial charge in [-0.1, -0.05) is 36.8 Å². The van der Waals surface area contributed by atoms with Gasteiger partial charge in [-0.25, -0.2) is 9.97 Å². The van der Waals surface area contributed by atoms with Crippen LogP contribution in [0.15, 0.2) is 42.7 Å². The van der Waals surface area contributed by atoms with Crippen LogP contribution in [-0.4, -0.2) is 45.5 Å². The summed E-state index contributed by atoms with van der Waals surface area (Å²) in [7, 11) is 1.58. The van der Waals surface area contributed by atoms with E-state index in [1.54, 1.807) is 7.11 Å². The Hall–Kier alpha value is -2.47. The first-order valence-electron chi connectivity index (χ1n) is 10.5. The van der Waals surface area contributed by atoms with Crippen molar-refractivity contribution >= 4 is 5.91 Å². The standard InChI is InChI=1S/C23H30N4O2/c1-23-13-19(12-17-8-4-3-5-9-17)27(16-18-14-24-22(29-2)25-15-18)20(23)10-6-7-11-21(28)26-23/h3-5,8-9,14-15,19-20H,6-7,10-13,16H2,1-2H3,(H,26,28)/t19-,20+,23+/m1/s1. The van der Waals surface area contributed by atoms with Crippen LogP contribution in [0.4, 0.5) is 0 Å². The summed E-state index contributed by atoms with van der Waals surface area (Å²) >= 11 is 0. The third-order valence-corrected chi connectivity index (χ3v) is 6.36. The lowest BCUT2D eigenvalue weighted by Gasteiger charge is -2.38. The number of carbonyl (C=O) groups excluding carboxylic acids is 1. The lowest BCUT2D eigenvalue weighted by atomic mass is 9.85. The number of aromatic nitrogens is 2. The Morgan fingerprint density at radius 2 is 1.93 bits per heavy atom. The third kappa shape index (κ3) is 4.42. The maximum atomic E-state index is 12.4. The minimum absolute atomic E-state index is 0.185. The van der Waals surface area contributed by atoms with Gasteiger partial charge in [0.2, 0.25) is 5.91 Å². The summed E-state index contributed by atoms with van der Waals surface area (Å²) in [6.07, 6.45) is 9.40. The Labute approximate surface area is 172 Å². The molecule has 0 unspecified atom stereocenters. The summed E-state index contributed by atoms with van der Waals surface area (Å²) in [4.78, 5) is 23.6. The number of ether oxygens (including phenoxy) is 1. The first-order chi connectivity index (χ1) is 14.1. The van der Waals surface area contributed by atoms with Gasteiger partial charge in [0.05, 0.1) is 12.6 Å². The van der Waals surface area contributed by atoms with Crippen LogP contribution < -0.4 is 10.1 Å². The summed E-state index contributed by atoms with van der Waals surface area (Å²) < 4.78 is 5.10. The molecule has 154 valence electrons. The van der Waals surface area contributed by atoms with Gasteiger partial charge in [-0.3, -0.25) is 9.69 Å². The van der Waals surface area contributed by atoms with Crippen molar-refractivity contribution in [1.29, 1.82) is 0 Å². The van der Waals surface area contributed by atoms with Gasteiger partial charge in [-0.2, -0.15) is 0 Å². The molecule has 4 rings (SSSR count). The highest BCUT2D eigenvalue weighted by Crippen LogP contribution is 2.39. The van der Waals surface area contributed by atoms with Crippen molar-refractivity contribution in [2.45, 2.75) is 69.6 Å². The number of nitrogens with zero attached hydrogens (tertiary/aromatic N) is 3. The van der Waals surface area contributed by atoms with Crippen molar-refractivity contribution in [2.75, 3.05) is 7.11 Å². The van der Waals surface area contributed by atoms with E-state index in [-0.39, 0.29) is 11.4 Å². The second-order valence-corrected chi connectivity index (χ2v) is 8.53. The Morgan fingerprint density at radius 3 is 2.66 bits per heavy atom. The number of amides is 1. The van der Waals surface area contributed by atoms with Crippen LogP contribution in [0.25, 0.3) is 0 Å².